The van der Waals surface area contributed by atoms with Crippen LogP contribution in [0.25, 0.3) is 6.08 Å². The highest BCUT2D eigenvalue weighted by Gasteiger charge is 2.01. The van der Waals surface area contributed by atoms with E-state index in [1.54, 1.807) is 6.07 Å². The van der Waals surface area contributed by atoms with Crippen molar-refractivity contribution < 1.29 is 19.4 Å². The Kier molecular flexibility index (Phi) is 6.59. The molecule has 0 radical (unpaired) electrons. The second-order valence-electron chi connectivity index (χ2n) is 4.12. The number of hydrogen-bond donors (Lipinski definition) is 1. The van der Waals surface area contributed by atoms with E-state index in [0.29, 0.717) is 19.0 Å². The molecule has 0 heterocycles. The number of hydrogen-bond acceptors (Lipinski definition) is 3. The van der Waals surface area contributed by atoms with Gasteiger partial charge in [-0.2, -0.15) is 0 Å². The average molecular weight is 329 g/mol. The van der Waals surface area contributed by atoms with Crippen LogP contribution in [0.3, 0.4) is 0 Å². The Morgan fingerprint density at radius 1 is 1.42 bits per heavy atom. The van der Waals surface area contributed by atoms with Crippen LogP contribution >= 0.6 is 15.9 Å². The van der Waals surface area contributed by atoms with E-state index in [1.807, 2.05) is 26.0 Å². The summed E-state index contributed by atoms with van der Waals surface area (Å²) in [5.74, 6) is -0.302. The third kappa shape index (κ3) is 6.40. The van der Waals surface area contributed by atoms with Crippen molar-refractivity contribution in [3.05, 3.63) is 34.3 Å². The molecule has 5 heteroatoms. The lowest BCUT2D eigenvalue weighted by molar-refractivity contribution is -0.131. The maximum absolute atomic E-state index is 10.5. The van der Waals surface area contributed by atoms with Gasteiger partial charge in [-0.3, -0.25) is 0 Å². The van der Waals surface area contributed by atoms with Crippen LogP contribution in [-0.2, 0) is 9.53 Å². The molecule has 0 aromatic heterocycles. The molecular weight excluding hydrogens is 312 g/mol. The van der Waals surface area contributed by atoms with Gasteiger partial charge in [0.15, 0.2) is 0 Å². The number of carbonyl (C=O) groups is 1. The van der Waals surface area contributed by atoms with Gasteiger partial charge < -0.3 is 14.6 Å². The highest BCUT2D eigenvalue weighted by molar-refractivity contribution is 9.10. The molecule has 0 unspecified atom stereocenters. The molecular formula is C14H17BrO4. The first-order valence-corrected chi connectivity index (χ1v) is 6.73. The van der Waals surface area contributed by atoms with Crippen molar-refractivity contribution in [3.63, 3.8) is 0 Å². The fourth-order valence-corrected chi connectivity index (χ4v) is 1.72. The maximum Gasteiger partial charge on any atom is 0.328 e. The Bertz CT molecular complexity index is 455. The molecule has 1 aromatic rings. The number of aliphatic carboxylic acids is 1. The van der Waals surface area contributed by atoms with Gasteiger partial charge in [0.1, 0.15) is 12.4 Å². The first-order valence-electron chi connectivity index (χ1n) is 5.94. The van der Waals surface area contributed by atoms with Gasteiger partial charge in [-0.15, -0.1) is 0 Å². The molecule has 1 aromatic carbocycles. The number of benzene rings is 1. The Labute approximate surface area is 121 Å². The molecule has 19 heavy (non-hydrogen) atoms. The summed E-state index contributed by atoms with van der Waals surface area (Å²) in [4.78, 5) is 10.5. The molecule has 4 nitrogen and oxygen atoms in total. The highest BCUT2D eigenvalue weighted by Crippen LogP contribution is 2.23. The van der Waals surface area contributed by atoms with E-state index in [9.17, 15) is 4.79 Å². The summed E-state index contributed by atoms with van der Waals surface area (Å²) < 4.78 is 11.7. The molecule has 0 bridgehead atoms. The first kappa shape index (κ1) is 15.7. The van der Waals surface area contributed by atoms with Gasteiger partial charge >= 0.3 is 5.97 Å². The molecule has 0 aliphatic heterocycles. The Morgan fingerprint density at radius 2 is 2.16 bits per heavy atom. The summed E-state index contributed by atoms with van der Waals surface area (Å²) in [6, 6.07) is 5.41. The summed E-state index contributed by atoms with van der Waals surface area (Å²) in [7, 11) is 0. The minimum absolute atomic E-state index is 0.183. The van der Waals surface area contributed by atoms with Crippen LogP contribution in [-0.4, -0.2) is 30.4 Å². The molecule has 0 spiro atoms. The number of carboxylic acid groups (broad SMARTS) is 1. The van der Waals surface area contributed by atoms with Crippen molar-refractivity contribution in [1.29, 1.82) is 0 Å². The Hall–Kier alpha value is -1.33. The zero-order valence-electron chi connectivity index (χ0n) is 10.9. The lowest BCUT2D eigenvalue weighted by Crippen LogP contribution is -2.11. The fourth-order valence-electron chi connectivity index (χ4n) is 1.34. The van der Waals surface area contributed by atoms with E-state index in [4.69, 9.17) is 14.6 Å². The molecule has 104 valence electrons. The van der Waals surface area contributed by atoms with Gasteiger partial charge in [-0.05, 0) is 43.7 Å². The summed E-state index contributed by atoms with van der Waals surface area (Å²) in [5.41, 5.74) is 0.754. The molecule has 0 saturated heterocycles. The van der Waals surface area contributed by atoms with Gasteiger partial charge in [0, 0.05) is 10.5 Å². The highest BCUT2D eigenvalue weighted by atomic mass is 79.9. The molecule has 1 rings (SSSR count). The Morgan fingerprint density at radius 3 is 2.79 bits per heavy atom. The molecule has 0 saturated carbocycles. The first-order chi connectivity index (χ1) is 8.99. The van der Waals surface area contributed by atoms with Crippen LogP contribution < -0.4 is 4.74 Å². The second kappa shape index (κ2) is 7.96. The number of rotatable bonds is 7. The zero-order valence-corrected chi connectivity index (χ0v) is 12.5. The lowest BCUT2D eigenvalue weighted by atomic mass is 10.2. The van der Waals surface area contributed by atoms with Gasteiger partial charge in [0.05, 0.1) is 12.7 Å². The molecule has 0 atom stereocenters. The smallest absolute Gasteiger partial charge is 0.328 e. The van der Waals surface area contributed by atoms with E-state index in [2.05, 4.69) is 15.9 Å². The number of halogens is 1. The monoisotopic (exact) mass is 328 g/mol. The average Bonchev–Trinajstić information content (AvgIpc) is 2.34. The Balaban J connectivity index is 2.60. The summed E-state index contributed by atoms with van der Waals surface area (Å²) in [6.07, 6.45) is 2.79. The third-order valence-corrected chi connectivity index (χ3v) is 2.90. The van der Waals surface area contributed by atoms with Crippen molar-refractivity contribution >= 4 is 28.0 Å². The zero-order chi connectivity index (χ0) is 14.3. The molecule has 0 fully saturated rings. The van der Waals surface area contributed by atoms with Crippen LogP contribution in [0.15, 0.2) is 28.7 Å². The maximum atomic E-state index is 10.5. The van der Waals surface area contributed by atoms with Crippen LogP contribution in [0, 0.1) is 0 Å². The largest absolute Gasteiger partial charge is 0.491 e. The molecule has 1 N–H and O–H groups in total. The SMILES string of the molecule is CC(C)OCCOc1ccc(Br)c(/C=C/C(=O)O)c1. The quantitative estimate of drug-likeness (QED) is 0.616. The van der Waals surface area contributed by atoms with E-state index in [1.165, 1.54) is 6.08 Å². The minimum atomic E-state index is -0.983. The van der Waals surface area contributed by atoms with Crippen LogP contribution in [0.1, 0.15) is 19.4 Å². The second-order valence-corrected chi connectivity index (χ2v) is 4.98. The van der Waals surface area contributed by atoms with Crippen LogP contribution in [0.4, 0.5) is 0 Å². The van der Waals surface area contributed by atoms with Gasteiger partial charge in [0.25, 0.3) is 0 Å². The van der Waals surface area contributed by atoms with E-state index >= 15 is 0 Å². The van der Waals surface area contributed by atoms with Gasteiger partial charge in [0.2, 0.25) is 0 Å². The standard InChI is InChI=1S/C14H17BrO4/c1-10(2)18-7-8-19-12-4-5-13(15)11(9-12)3-6-14(16)17/h3-6,9-10H,7-8H2,1-2H3,(H,16,17)/b6-3+. The summed E-state index contributed by atoms with van der Waals surface area (Å²) in [5, 5.41) is 8.61. The lowest BCUT2D eigenvalue weighted by Gasteiger charge is -2.10. The predicted octanol–water partition coefficient (Wildman–Crippen LogP) is 3.35. The molecule has 0 amide bonds. The van der Waals surface area contributed by atoms with Crippen molar-refractivity contribution in [2.45, 2.75) is 20.0 Å². The van der Waals surface area contributed by atoms with Gasteiger partial charge in [-0.25, -0.2) is 4.79 Å². The normalized spacial score (nSPS) is 11.2. The van der Waals surface area contributed by atoms with E-state index in [-0.39, 0.29) is 6.10 Å². The summed E-state index contributed by atoms with van der Waals surface area (Å²) >= 11 is 3.36. The van der Waals surface area contributed by atoms with Crippen molar-refractivity contribution in [1.82, 2.24) is 0 Å². The molecule has 0 aliphatic rings. The van der Waals surface area contributed by atoms with Crippen LogP contribution in [0.2, 0.25) is 0 Å². The van der Waals surface area contributed by atoms with Gasteiger partial charge in [-0.1, -0.05) is 15.9 Å². The predicted molar refractivity (Wildman–Crippen MR) is 77.4 cm³/mol. The third-order valence-electron chi connectivity index (χ3n) is 2.18. The van der Waals surface area contributed by atoms with Crippen molar-refractivity contribution in [2.75, 3.05) is 13.2 Å². The number of carboxylic acids is 1. The van der Waals surface area contributed by atoms with Crippen molar-refractivity contribution in [2.24, 2.45) is 0 Å². The molecule has 0 aliphatic carbocycles. The van der Waals surface area contributed by atoms with E-state index in [0.717, 1.165) is 16.1 Å². The van der Waals surface area contributed by atoms with E-state index < -0.39 is 5.97 Å². The minimum Gasteiger partial charge on any atom is -0.491 e. The topological polar surface area (TPSA) is 55.8 Å². The summed E-state index contributed by atoms with van der Waals surface area (Å²) in [6.45, 7) is 4.92. The fraction of sp³-hybridized carbons (Fsp3) is 0.357. The van der Waals surface area contributed by atoms with Crippen LogP contribution in [0.5, 0.6) is 5.75 Å². The van der Waals surface area contributed by atoms with Crippen molar-refractivity contribution in [3.8, 4) is 5.75 Å². The number of ether oxygens (including phenoxy) is 2.